The minimum Gasteiger partial charge on any atom is -0.304 e. The van der Waals surface area contributed by atoms with Crippen LogP contribution < -0.4 is 4.40 Å². The molecule has 0 atom stereocenters. The maximum Gasteiger partial charge on any atom is 0.0245 e. The van der Waals surface area contributed by atoms with E-state index in [2.05, 4.69) is 113 Å². The van der Waals surface area contributed by atoms with Crippen molar-refractivity contribution in [1.29, 1.82) is 0 Å². The molecule has 0 fully saturated rings. The predicted octanol–water partition coefficient (Wildman–Crippen LogP) is 10.6. The van der Waals surface area contributed by atoms with Crippen molar-refractivity contribution in [3.8, 4) is 33.6 Å². The Bertz CT molecular complexity index is 2080. The van der Waals surface area contributed by atoms with E-state index in [1.807, 2.05) is 48.0 Å². The Balaban J connectivity index is 0.000000187. The van der Waals surface area contributed by atoms with Crippen LogP contribution in [0, 0.1) is 12.1 Å². The molecule has 0 aliphatic heterocycles. The van der Waals surface area contributed by atoms with Gasteiger partial charge in [0.2, 0.25) is 0 Å². The van der Waals surface area contributed by atoms with Gasteiger partial charge in [-0.15, -0.1) is 23.8 Å². The number of aryl methyl sites for hydroxylation is 1. The van der Waals surface area contributed by atoms with Crippen molar-refractivity contribution in [2.45, 2.75) is 43.0 Å². The zero-order valence-electron chi connectivity index (χ0n) is 26.4. The van der Waals surface area contributed by atoms with Gasteiger partial charge in [-0.05, 0) is 64.7 Å². The summed E-state index contributed by atoms with van der Waals surface area (Å²) in [7, 11) is 0. The van der Waals surface area contributed by atoms with Crippen LogP contribution in [0.4, 0.5) is 0 Å². The number of hydrogen-bond donors (Lipinski definition) is 0. The van der Waals surface area contributed by atoms with Crippen LogP contribution in [-0.2, 0) is 32.9 Å². The van der Waals surface area contributed by atoms with Crippen LogP contribution in [0.15, 0.2) is 116 Å². The average Bonchev–Trinajstić information content (AvgIpc) is 3.48. The van der Waals surface area contributed by atoms with Crippen molar-refractivity contribution in [3.05, 3.63) is 139 Å². The maximum absolute atomic E-state index is 4.84. The van der Waals surface area contributed by atoms with Gasteiger partial charge in [-0.25, -0.2) is 0 Å². The van der Waals surface area contributed by atoms with E-state index < -0.39 is 13.3 Å². The molecule has 3 aromatic heterocycles. The Labute approximate surface area is 292 Å². The quantitative estimate of drug-likeness (QED) is 0.130. The minimum atomic E-state index is -1.72. The number of nitrogens with zero attached hydrogens (tertiary/aromatic N) is 2. The Morgan fingerprint density at radius 1 is 0.739 bits per heavy atom. The standard InChI is InChI=1S/C27H20NS.C14H16GeN.Ir/c1-2-8-18(9-3-1)20-12-7-15-24-25(20)22-13-6-14-23(27(22)29-24)26-21-11-5-4-10-19(21)16-17-28-26;1-15(2,3)13-9-10-14(16-11-13)12-7-5-4-6-8-12;/h1-3,6-9,12-13,15-17H,4-5,10-11H2;4-7,9-11H,1-3H3;/q2*-1;. The van der Waals surface area contributed by atoms with E-state index in [0.717, 1.165) is 23.4 Å². The summed E-state index contributed by atoms with van der Waals surface area (Å²) in [5, 5.41) is 2.66. The van der Waals surface area contributed by atoms with E-state index in [0.29, 0.717) is 0 Å². The molecule has 0 saturated heterocycles. The zero-order chi connectivity index (χ0) is 30.8. The second kappa shape index (κ2) is 14.2. The van der Waals surface area contributed by atoms with Gasteiger partial charge in [-0.2, -0.15) is 11.3 Å². The Hall–Kier alpha value is -3.41. The van der Waals surface area contributed by atoms with Gasteiger partial charge in [-0.1, -0.05) is 59.0 Å². The first-order chi connectivity index (χ1) is 22.0. The molecule has 0 spiro atoms. The van der Waals surface area contributed by atoms with E-state index in [4.69, 9.17) is 4.98 Å². The van der Waals surface area contributed by atoms with Crippen molar-refractivity contribution < 1.29 is 20.1 Å². The van der Waals surface area contributed by atoms with Crippen molar-refractivity contribution in [2.24, 2.45) is 0 Å². The summed E-state index contributed by atoms with van der Waals surface area (Å²) in [5.41, 5.74) is 9.85. The number of pyridine rings is 2. The van der Waals surface area contributed by atoms with E-state index in [-0.39, 0.29) is 20.1 Å². The van der Waals surface area contributed by atoms with Gasteiger partial charge in [0.05, 0.1) is 0 Å². The summed E-state index contributed by atoms with van der Waals surface area (Å²) >= 11 is 0.155. The molecule has 0 N–H and O–H groups in total. The molecule has 2 nitrogen and oxygen atoms in total. The third kappa shape index (κ3) is 6.68. The molecule has 0 amide bonds. The van der Waals surface area contributed by atoms with Crippen LogP contribution in [0.5, 0.6) is 0 Å². The first-order valence-corrected chi connectivity index (χ1v) is 24.0. The molecule has 1 aliphatic rings. The van der Waals surface area contributed by atoms with Gasteiger partial charge in [0.15, 0.2) is 0 Å². The van der Waals surface area contributed by atoms with E-state index in [1.54, 1.807) is 0 Å². The number of benzene rings is 4. The van der Waals surface area contributed by atoms with Crippen LogP contribution in [-0.4, -0.2) is 23.2 Å². The number of fused-ring (bicyclic) bond motifs is 4. The summed E-state index contributed by atoms with van der Waals surface area (Å²) in [6.45, 7) is 0. The molecule has 0 unspecified atom stereocenters. The largest absolute Gasteiger partial charge is 0.304 e. The molecule has 1 aliphatic carbocycles. The van der Waals surface area contributed by atoms with Crippen molar-refractivity contribution >= 4 is 49.2 Å². The zero-order valence-corrected chi connectivity index (χ0v) is 31.7. The smallest absolute Gasteiger partial charge is 0.0245 e. The molecule has 3 heterocycles. The SMILES string of the molecule is [CH3][Ge]([CH3])([CH3])[c]1ccc(-c2[c-]cccc2)nc1.[Ir].[c-]1ccc2c(sc3cccc(-c4ccccc4)c32)c1-c1nccc2c1CCCC2. The van der Waals surface area contributed by atoms with E-state index >= 15 is 0 Å². The summed E-state index contributed by atoms with van der Waals surface area (Å²) in [6.07, 6.45) is 8.86. The van der Waals surface area contributed by atoms with Crippen LogP contribution in [0.3, 0.4) is 0 Å². The number of aromatic nitrogens is 2. The van der Waals surface area contributed by atoms with Gasteiger partial charge in [-0.3, -0.25) is 0 Å². The number of hydrogen-bond acceptors (Lipinski definition) is 3. The Morgan fingerprint density at radius 2 is 1.57 bits per heavy atom. The van der Waals surface area contributed by atoms with Gasteiger partial charge < -0.3 is 4.98 Å². The Morgan fingerprint density at radius 3 is 2.33 bits per heavy atom. The van der Waals surface area contributed by atoms with Gasteiger partial charge >= 0.3 is 99.8 Å². The summed E-state index contributed by atoms with van der Waals surface area (Å²) < 4.78 is 4.07. The van der Waals surface area contributed by atoms with Gasteiger partial charge in [0, 0.05) is 31.0 Å². The molecule has 0 bridgehead atoms. The van der Waals surface area contributed by atoms with Gasteiger partial charge in [0.1, 0.15) is 0 Å². The summed E-state index contributed by atoms with van der Waals surface area (Å²) in [5.74, 6) is 7.14. The molecule has 4 aromatic carbocycles. The molecule has 7 aromatic rings. The molecule has 231 valence electrons. The molecule has 5 heteroatoms. The average molecular weight is 854 g/mol. The topological polar surface area (TPSA) is 25.8 Å². The van der Waals surface area contributed by atoms with Crippen LogP contribution in [0.1, 0.15) is 24.0 Å². The fraction of sp³-hybridized carbons (Fsp3) is 0.171. The molecular formula is C41H36GeIrN2S-2. The van der Waals surface area contributed by atoms with Crippen molar-refractivity contribution in [1.82, 2.24) is 9.97 Å². The molecule has 46 heavy (non-hydrogen) atoms. The summed E-state index contributed by atoms with van der Waals surface area (Å²) in [4.78, 5) is 9.37. The summed E-state index contributed by atoms with van der Waals surface area (Å²) in [6, 6.07) is 42.9. The fourth-order valence-corrected chi connectivity index (χ4v) is 9.65. The van der Waals surface area contributed by atoms with Crippen LogP contribution in [0.25, 0.3) is 53.8 Å². The monoisotopic (exact) mass is 855 g/mol. The van der Waals surface area contributed by atoms with Crippen LogP contribution >= 0.6 is 11.3 Å². The Kier molecular flexibility index (Phi) is 10.0. The third-order valence-corrected chi connectivity index (χ3v) is 14.1. The minimum absolute atomic E-state index is 0. The number of rotatable bonds is 4. The third-order valence-electron chi connectivity index (χ3n) is 8.67. The van der Waals surface area contributed by atoms with Crippen molar-refractivity contribution in [2.75, 3.05) is 0 Å². The molecule has 1 radical (unpaired) electrons. The first kappa shape index (κ1) is 32.5. The predicted molar refractivity (Wildman–Crippen MR) is 195 cm³/mol. The second-order valence-electron chi connectivity index (χ2n) is 12.7. The molecule has 8 rings (SSSR count). The van der Waals surface area contributed by atoms with E-state index in [9.17, 15) is 0 Å². The second-order valence-corrected chi connectivity index (χ2v) is 24.4. The fourth-order valence-electron chi connectivity index (χ4n) is 6.25. The maximum atomic E-state index is 4.84. The normalized spacial score (nSPS) is 12.6. The van der Waals surface area contributed by atoms with Crippen LogP contribution in [0.2, 0.25) is 17.3 Å². The van der Waals surface area contributed by atoms with Crippen molar-refractivity contribution in [3.63, 3.8) is 0 Å². The first-order valence-electron chi connectivity index (χ1n) is 15.8. The van der Waals surface area contributed by atoms with Gasteiger partial charge in [0.25, 0.3) is 0 Å². The molecule has 0 saturated carbocycles. The molecular weight excluding hydrogens is 817 g/mol. The van der Waals surface area contributed by atoms with E-state index in [1.165, 1.54) is 71.6 Å². The number of thiophene rings is 1.